The summed E-state index contributed by atoms with van der Waals surface area (Å²) in [6.07, 6.45) is 5.06. The standard InChI is InChI=1S/C19H17BrN4O2/c1-3-10-26-16-7-4-14(5-8-16)11-21-23-19(25)18-13(2)22-17-9-6-15(20)12-24(17)18/h3-9,11-12H,1,10H2,2H3,(H,23,25)/b21-11-. The van der Waals surface area contributed by atoms with Crippen molar-refractivity contribution in [2.45, 2.75) is 6.92 Å². The summed E-state index contributed by atoms with van der Waals surface area (Å²) in [5, 5.41) is 4.03. The maximum absolute atomic E-state index is 12.5. The van der Waals surface area contributed by atoms with E-state index in [1.54, 1.807) is 29.8 Å². The minimum atomic E-state index is -0.324. The second-order valence-corrected chi connectivity index (χ2v) is 6.40. The molecule has 0 saturated heterocycles. The van der Waals surface area contributed by atoms with Crippen LogP contribution in [0.3, 0.4) is 0 Å². The summed E-state index contributed by atoms with van der Waals surface area (Å²) in [5.74, 6) is 0.424. The molecule has 0 atom stereocenters. The van der Waals surface area contributed by atoms with Crippen LogP contribution < -0.4 is 10.2 Å². The lowest BCUT2D eigenvalue weighted by Gasteiger charge is -2.03. The number of imidazole rings is 1. The molecule has 3 rings (SSSR count). The van der Waals surface area contributed by atoms with Gasteiger partial charge in [-0.1, -0.05) is 12.7 Å². The number of nitrogens with zero attached hydrogens (tertiary/aromatic N) is 3. The molecule has 0 radical (unpaired) electrons. The van der Waals surface area contributed by atoms with Gasteiger partial charge in [0.15, 0.2) is 0 Å². The third-order valence-corrected chi connectivity index (χ3v) is 4.07. The lowest BCUT2D eigenvalue weighted by Crippen LogP contribution is -2.20. The molecule has 0 saturated carbocycles. The van der Waals surface area contributed by atoms with Crippen molar-refractivity contribution < 1.29 is 9.53 Å². The fourth-order valence-corrected chi connectivity index (χ4v) is 2.77. The Morgan fingerprint density at radius 2 is 2.12 bits per heavy atom. The van der Waals surface area contributed by atoms with Gasteiger partial charge in [0, 0.05) is 10.7 Å². The first-order chi connectivity index (χ1) is 12.6. The molecule has 3 aromatic rings. The van der Waals surface area contributed by atoms with Gasteiger partial charge >= 0.3 is 0 Å². The third-order valence-electron chi connectivity index (χ3n) is 3.60. The van der Waals surface area contributed by atoms with Gasteiger partial charge < -0.3 is 4.74 Å². The number of amides is 1. The summed E-state index contributed by atoms with van der Waals surface area (Å²) in [6, 6.07) is 11.1. The fourth-order valence-electron chi connectivity index (χ4n) is 2.43. The summed E-state index contributed by atoms with van der Waals surface area (Å²) < 4.78 is 8.01. The number of hydrogen-bond donors (Lipinski definition) is 1. The Morgan fingerprint density at radius 3 is 2.85 bits per heavy atom. The highest BCUT2D eigenvalue weighted by Crippen LogP contribution is 2.16. The molecule has 0 aliphatic heterocycles. The van der Waals surface area contributed by atoms with Gasteiger partial charge in [-0.25, -0.2) is 10.4 Å². The maximum Gasteiger partial charge on any atom is 0.290 e. The lowest BCUT2D eigenvalue weighted by molar-refractivity contribution is 0.0948. The van der Waals surface area contributed by atoms with E-state index in [2.05, 4.69) is 38.0 Å². The van der Waals surface area contributed by atoms with Crippen molar-refractivity contribution >= 4 is 33.7 Å². The summed E-state index contributed by atoms with van der Waals surface area (Å²) >= 11 is 3.40. The molecule has 0 unspecified atom stereocenters. The summed E-state index contributed by atoms with van der Waals surface area (Å²) in [7, 11) is 0. The maximum atomic E-state index is 12.5. The van der Waals surface area contributed by atoms with E-state index >= 15 is 0 Å². The molecule has 0 aliphatic carbocycles. The quantitative estimate of drug-likeness (QED) is 0.381. The second kappa shape index (κ2) is 7.97. The number of aryl methyl sites for hydroxylation is 1. The second-order valence-electron chi connectivity index (χ2n) is 5.49. The average molecular weight is 413 g/mol. The van der Waals surface area contributed by atoms with E-state index in [0.717, 1.165) is 15.8 Å². The zero-order valence-electron chi connectivity index (χ0n) is 14.1. The molecule has 0 bridgehead atoms. The Kier molecular flexibility index (Phi) is 5.48. The molecule has 26 heavy (non-hydrogen) atoms. The predicted molar refractivity (Wildman–Crippen MR) is 105 cm³/mol. The lowest BCUT2D eigenvalue weighted by atomic mass is 10.2. The van der Waals surface area contributed by atoms with Gasteiger partial charge in [-0.3, -0.25) is 9.20 Å². The van der Waals surface area contributed by atoms with Crippen LogP contribution in [0.15, 0.2) is 64.8 Å². The summed E-state index contributed by atoms with van der Waals surface area (Å²) in [4.78, 5) is 16.9. The van der Waals surface area contributed by atoms with E-state index in [-0.39, 0.29) is 5.91 Å². The first kappa shape index (κ1) is 17.9. The zero-order valence-corrected chi connectivity index (χ0v) is 15.7. The minimum Gasteiger partial charge on any atom is -0.490 e. The highest BCUT2D eigenvalue weighted by atomic mass is 79.9. The summed E-state index contributed by atoms with van der Waals surface area (Å²) in [5.41, 5.74) is 5.18. The van der Waals surface area contributed by atoms with Crippen molar-refractivity contribution in [2.24, 2.45) is 5.10 Å². The molecule has 1 aromatic carbocycles. The monoisotopic (exact) mass is 412 g/mol. The van der Waals surface area contributed by atoms with Crippen molar-refractivity contribution in [1.82, 2.24) is 14.8 Å². The Labute approximate surface area is 159 Å². The number of hydrazone groups is 1. The average Bonchev–Trinajstić information content (AvgIpc) is 2.96. The van der Waals surface area contributed by atoms with Crippen LogP contribution >= 0.6 is 15.9 Å². The van der Waals surface area contributed by atoms with Gasteiger partial charge in [0.1, 0.15) is 23.7 Å². The number of pyridine rings is 1. The van der Waals surface area contributed by atoms with E-state index in [4.69, 9.17) is 4.74 Å². The van der Waals surface area contributed by atoms with Crippen LogP contribution in [0.2, 0.25) is 0 Å². The number of carbonyl (C=O) groups excluding carboxylic acids is 1. The number of carbonyl (C=O) groups is 1. The van der Waals surface area contributed by atoms with Crippen LogP contribution in [-0.4, -0.2) is 28.1 Å². The van der Waals surface area contributed by atoms with Gasteiger partial charge in [-0.2, -0.15) is 5.10 Å². The number of halogens is 1. The first-order valence-electron chi connectivity index (χ1n) is 7.90. The molecular weight excluding hydrogens is 396 g/mol. The highest BCUT2D eigenvalue weighted by molar-refractivity contribution is 9.10. The zero-order chi connectivity index (χ0) is 18.5. The Bertz CT molecular complexity index is 977. The van der Waals surface area contributed by atoms with Crippen molar-refractivity contribution in [2.75, 3.05) is 6.61 Å². The van der Waals surface area contributed by atoms with Crippen LogP contribution in [0.4, 0.5) is 0 Å². The van der Waals surface area contributed by atoms with Crippen molar-refractivity contribution in [3.05, 3.63) is 76.7 Å². The summed E-state index contributed by atoms with van der Waals surface area (Å²) in [6.45, 7) is 5.86. The molecule has 7 heteroatoms. The van der Waals surface area contributed by atoms with E-state index in [1.165, 1.54) is 0 Å². The molecular formula is C19H17BrN4O2. The molecule has 1 N–H and O–H groups in total. The van der Waals surface area contributed by atoms with Gasteiger partial charge in [-0.15, -0.1) is 0 Å². The minimum absolute atomic E-state index is 0.324. The molecule has 1 amide bonds. The third kappa shape index (κ3) is 4.00. The smallest absolute Gasteiger partial charge is 0.290 e. The van der Waals surface area contributed by atoms with Crippen molar-refractivity contribution in [3.63, 3.8) is 0 Å². The van der Waals surface area contributed by atoms with E-state index < -0.39 is 0 Å². The van der Waals surface area contributed by atoms with Crippen molar-refractivity contribution in [3.8, 4) is 5.75 Å². The normalized spacial score (nSPS) is 11.0. The van der Waals surface area contributed by atoms with Crippen molar-refractivity contribution in [1.29, 1.82) is 0 Å². The first-order valence-corrected chi connectivity index (χ1v) is 8.69. The number of ether oxygens (including phenoxy) is 1. The highest BCUT2D eigenvalue weighted by Gasteiger charge is 2.16. The van der Waals surface area contributed by atoms with Crippen LogP contribution in [-0.2, 0) is 0 Å². The van der Waals surface area contributed by atoms with Crippen LogP contribution in [0, 0.1) is 6.92 Å². The fraction of sp³-hybridized carbons (Fsp3) is 0.105. The van der Waals surface area contributed by atoms with Crippen LogP contribution in [0.25, 0.3) is 5.65 Å². The molecule has 0 spiro atoms. The number of fused-ring (bicyclic) bond motifs is 1. The van der Waals surface area contributed by atoms with E-state index in [0.29, 0.717) is 23.6 Å². The molecule has 0 fully saturated rings. The predicted octanol–water partition coefficient (Wildman–Crippen LogP) is 3.73. The Morgan fingerprint density at radius 1 is 1.35 bits per heavy atom. The largest absolute Gasteiger partial charge is 0.490 e. The van der Waals surface area contributed by atoms with Gasteiger partial charge in [0.2, 0.25) is 0 Å². The molecule has 2 heterocycles. The topological polar surface area (TPSA) is 68.0 Å². The van der Waals surface area contributed by atoms with Crippen LogP contribution in [0.5, 0.6) is 5.75 Å². The molecule has 0 aliphatic rings. The number of benzene rings is 1. The molecule has 6 nitrogen and oxygen atoms in total. The molecule has 132 valence electrons. The SMILES string of the molecule is C=CCOc1ccc(/C=N\NC(=O)c2c(C)nc3ccc(Br)cn23)cc1. The van der Waals surface area contributed by atoms with Gasteiger partial charge in [0.25, 0.3) is 5.91 Å². The number of hydrogen-bond acceptors (Lipinski definition) is 4. The molecule has 2 aromatic heterocycles. The van der Waals surface area contributed by atoms with E-state index in [9.17, 15) is 4.79 Å². The number of nitrogens with one attached hydrogen (secondary N) is 1. The Hall–Kier alpha value is -2.93. The van der Waals surface area contributed by atoms with Gasteiger partial charge in [0.05, 0.1) is 11.9 Å². The van der Waals surface area contributed by atoms with Gasteiger partial charge in [-0.05, 0) is 64.8 Å². The van der Waals surface area contributed by atoms with E-state index in [1.807, 2.05) is 36.4 Å². The van der Waals surface area contributed by atoms with Crippen LogP contribution in [0.1, 0.15) is 21.7 Å². The Balaban J connectivity index is 1.71. The number of rotatable bonds is 6. The number of aromatic nitrogens is 2.